The molecule has 0 aliphatic heterocycles. The molecule has 3 N–H and O–H groups in total. The van der Waals surface area contributed by atoms with Gasteiger partial charge in [0.15, 0.2) is 0 Å². The summed E-state index contributed by atoms with van der Waals surface area (Å²) in [6, 6.07) is 10.1. The third-order valence-corrected chi connectivity index (χ3v) is 3.90. The normalized spacial score (nSPS) is 10.4. The number of nitrogens with one attached hydrogen (secondary N) is 1. The summed E-state index contributed by atoms with van der Waals surface area (Å²) in [4.78, 5) is 12.6. The van der Waals surface area contributed by atoms with Gasteiger partial charge in [0.05, 0.1) is 5.75 Å². The Hall–Kier alpha value is -2.01. The van der Waals surface area contributed by atoms with Crippen LogP contribution in [0.4, 0.5) is 15.8 Å². The zero-order valence-corrected chi connectivity index (χ0v) is 12.8. The molecule has 2 aromatic carbocycles. The Morgan fingerprint density at radius 2 is 2.00 bits per heavy atom. The molecule has 21 heavy (non-hydrogen) atoms. The van der Waals surface area contributed by atoms with Crippen molar-refractivity contribution < 1.29 is 9.18 Å². The molecule has 0 spiro atoms. The van der Waals surface area contributed by atoms with Gasteiger partial charge in [0.1, 0.15) is 5.82 Å². The molecule has 0 atom stereocenters. The van der Waals surface area contributed by atoms with E-state index in [0.29, 0.717) is 10.6 Å². The fourth-order valence-electron chi connectivity index (χ4n) is 1.96. The molecule has 2 aromatic rings. The minimum Gasteiger partial charge on any atom is -0.399 e. The predicted octanol–water partition coefficient (Wildman–Crippen LogP) is 3.76. The molecule has 5 heteroatoms. The highest BCUT2D eigenvalue weighted by molar-refractivity contribution is 8.00. The average Bonchev–Trinajstić information content (AvgIpc) is 2.39. The van der Waals surface area contributed by atoms with Crippen molar-refractivity contribution in [1.82, 2.24) is 0 Å². The van der Waals surface area contributed by atoms with Crippen molar-refractivity contribution in [1.29, 1.82) is 0 Å². The molecule has 0 heterocycles. The van der Waals surface area contributed by atoms with Gasteiger partial charge < -0.3 is 11.1 Å². The van der Waals surface area contributed by atoms with E-state index in [1.165, 1.54) is 23.9 Å². The van der Waals surface area contributed by atoms with Crippen LogP contribution in [0.15, 0.2) is 41.3 Å². The molecule has 0 aliphatic carbocycles. The molecular formula is C16H17FN2OS. The minimum atomic E-state index is -0.396. The van der Waals surface area contributed by atoms with Crippen LogP contribution in [0.5, 0.6) is 0 Å². The number of amides is 1. The molecule has 0 saturated carbocycles. The smallest absolute Gasteiger partial charge is 0.234 e. The van der Waals surface area contributed by atoms with Crippen molar-refractivity contribution in [3.63, 3.8) is 0 Å². The Kier molecular flexibility index (Phi) is 4.85. The van der Waals surface area contributed by atoms with Crippen LogP contribution in [-0.2, 0) is 4.79 Å². The summed E-state index contributed by atoms with van der Waals surface area (Å²) in [7, 11) is 0. The maximum atomic E-state index is 13.2. The number of rotatable bonds is 4. The number of carbonyl (C=O) groups excluding carboxylic acids is 1. The van der Waals surface area contributed by atoms with Gasteiger partial charge in [0.2, 0.25) is 5.91 Å². The monoisotopic (exact) mass is 304 g/mol. The quantitative estimate of drug-likeness (QED) is 0.668. The van der Waals surface area contributed by atoms with Crippen LogP contribution in [0, 0.1) is 19.7 Å². The molecule has 0 aliphatic rings. The van der Waals surface area contributed by atoms with E-state index < -0.39 is 5.82 Å². The maximum Gasteiger partial charge on any atom is 0.234 e. The standard InChI is InChI=1S/C16H17FN2OS/c1-10-3-4-15(11(2)5-10)19-16(20)9-21-14-7-12(17)6-13(18)8-14/h3-8H,9,18H2,1-2H3,(H,19,20). The second-order valence-corrected chi connectivity index (χ2v) is 5.92. The summed E-state index contributed by atoms with van der Waals surface area (Å²) < 4.78 is 13.2. The summed E-state index contributed by atoms with van der Waals surface area (Å²) in [5, 5.41) is 2.85. The lowest BCUT2D eigenvalue weighted by atomic mass is 10.1. The summed E-state index contributed by atoms with van der Waals surface area (Å²) in [5.74, 6) is -0.321. The molecule has 0 bridgehead atoms. The van der Waals surface area contributed by atoms with Crippen LogP contribution in [0.3, 0.4) is 0 Å². The number of thioether (sulfide) groups is 1. The molecular weight excluding hydrogens is 287 g/mol. The van der Waals surface area contributed by atoms with Gasteiger partial charge in [-0.05, 0) is 43.7 Å². The van der Waals surface area contributed by atoms with Crippen molar-refractivity contribution in [3.05, 3.63) is 53.3 Å². The lowest BCUT2D eigenvalue weighted by molar-refractivity contribution is -0.113. The number of hydrogen-bond donors (Lipinski definition) is 2. The van der Waals surface area contributed by atoms with Crippen molar-refractivity contribution in [2.24, 2.45) is 0 Å². The Morgan fingerprint density at radius 3 is 2.67 bits per heavy atom. The number of benzene rings is 2. The molecule has 0 unspecified atom stereocenters. The second kappa shape index (κ2) is 6.63. The van der Waals surface area contributed by atoms with E-state index in [0.717, 1.165) is 16.8 Å². The van der Waals surface area contributed by atoms with E-state index in [-0.39, 0.29) is 11.7 Å². The Balaban J connectivity index is 1.95. The predicted molar refractivity (Wildman–Crippen MR) is 86.1 cm³/mol. The van der Waals surface area contributed by atoms with Gasteiger partial charge in [-0.3, -0.25) is 4.79 Å². The number of carbonyl (C=O) groups is 1. The van der Waals surface area contributed by atoms with Gasteiger partial charge in [-0.15, -0.1) is 11.8 Å². The maximum absolute atomic E-state index is 13.2. The molecule has 0 aromatic heterocycles. The van der Waals surface area contributed by atoms with Crippen LogP contribution in [0.25, 0.3) is 0 Å². The van der Waals surface area contributed by atoms with Gasteiger partial charge >= 0.3 is 0 Å². The summed E-state index contributed by atoms with van der Waals surface area (Å²) in [6.07, 6.45) is 0. The van der Waals surface area contributed by atoms with Gasteiger partial charge in [0.25, 0.3) is 0 Å². The zero-order valence-electron chi connectivity index (χ0n) is 11.9. The molecule has 0 radical (unpaired) electrons. The molecule has 3 nitrogen and oxygen atoms in total. The van der Waals surface area contributed by atoms with Crippen LogP contribution in [0.2, 0.25) is 0 Å². The molecule has 110 valence electrons. The third kappa shape index (κ3) is 4.49. The summed E-state index contributed by atoms with van der Waals surface area (Å²) in [6.45, 7) is 3.95. The first-order valence-corrected chi connectivity index (χ1v) is 7.48. The van der Waals surface area contributed by atoms with Crippen molar-refractivity contribution in [3.8, 4) is 0 Å². The molecule has 2 rings (SSSR count). The Labute approximate surface area is 127 Å². The minimum absolute atomic E-state index is 0.130. The van der Waals surface area contributed by atoms with Crippen LogP contribution in [0.1, 0.15) is 11.1 Å². The van der Waals surface area contributed by atoms with Crippen LogP contribution in [-0.4, -0.2) is 11.7 Å². The fraction of sp³-hybridized carbons (Fsp3) is 0.188. The highest BCUT2D eigenvalue weighted by Gasteiger charge is 2.07. The lowest BCUT2D eigenvalue weighted by Crippen LogP contribution is -2.14. The summed E-state index contributed by atoms with van der Waals surface area (Å²) in [5.41, 5.74) is 8.88. The van der Waals surface area contributed by atoms with Crippen molar-refractivity contribution in [2.45, 2.75) is 18.7 Å². The summed E-state index contributed by atoms with van der Waals surface area (Å²) >= 11 is 1.25. The number of aryl methyl sites for hydroxylation is 2. The number of nitrogen functional groups attached to an aromatic ring is 1. The van der Waals surface area contributed by atoms with E-state index >= 15 is 0 Å². The third-order valence-electron chi connectivity index (χ3n) is 2.92. The SMILES string of the molecule is Cc1ccc(NC(=O)CSc2cc(N)cc(F)c2)c(C)c1. The highest BCUT2D eigenvalue weighted by Crippen LogP contribution is 2.23. The molecule has 1 amide bonds. The van der Waals surface area contributed by atoms with Gasteiger partial charge in [0, 0.05) is 16.3 Å². The highest BCUT2D eigenvalue weighted by atomic mass is 32.2. The van der Waals surface area contributed by atoms with Crippen LogP contribution < -0.4 is 11.1 Å². The van der Waals surface area contributed by atoms with Crippen LogP contribution >= 0.6 is 11.8 Å². The first kappa shape index (κ1) is 15.4. The van der Waals surface area contributed by atoms with Gasteiger partial charge in [-0.1, -0.05) is 17.7 Å². The van der Waals surface area contributed by atoms with E-state index in [1.54, 1.807) is 6.07 Å². The van der Waals surface area contributed by atoms with Gasteiger partial charge in [-0.2, -0.15) is 0 Å². The zero-order chi connectivity index (χ0) is 15.4. The largest absolute Gasteiger partial charge is 0.399 e. The fourth-order valence-corrected chi connectivity index (χ4v) is 2.74. The number of hydrogen-bond acceptors (Lipinski definition) is 3. The van der Waals surface area contributed by atoms with Crippen molar-refractivity contribution in [2.75, 3.05) is 16.8 Å². The number of anilines is 2. The van der Waals surface area contributed by atoms with E-state index in [1.807, 2.05) is 32.0 Å². The first-order valence-electron chi connectivity index (χ1n) is 6.50. The van der Waals surface area contributed by atoms with E-state index in [4.69, 9.17) is 5.73 Å². The molecule has 0 fully saturated rings. The van der Waals surface area contributed by atoms with Gasteiger partial charge in [-0.25, -0.2) is 4.39 Å². The second-order valence-electron chi connectivity index (χ2n) is 4.88. The topological polar surface area (TPSA) is 55.1 Å². The number of nitrogens with two attached hydrogens (primary N) is 1. The molecule has 0 saturated heterocycles. The lowest BCUT2D eigenvalue weighted by Gasteiger charge is -2.09. The average molecular weight is 304 g/mol. The number of halogens is 1. The first-order chi connectivity index (χ1) is 9.94. The van der Waals surface area contributed by atoms with E-state index in [2.05, 4.69) is 5.32 Å². The Morgan fingerprint density at radius 1 is 1.24 bits per heavy atom. The van der Waals surface area contributed by atoms with E-state index in [9.17, 15) is 9.18 Å². The van der Waals surface area contributed by atoms with Crippen molar-refractivity contribution >= 4 is 29.0 Å². The Bertz CT molecular complexity index is 653.